The largest absolute Gasteiger partial charge is 0.248 e. The highest BCUT2D eigenvalue weighted by atomic mass is 79.9. The van der Waals surface area contributed by atoms with Gasteiger partial charge in [0.15, 0.2) is 0 Å². The average molecular weight is 197 g/mol. The van der Waals surface area contributed by atoms with E-state index in [1.165, 1.54) is 0 Å². The number of alkyl halides is 3. The highest BCUT2D eigenvalue weighted by Gasteiger charge is 2.39. The van der Waals surface area contributed by atoms with Gasteiger partial charge in [-0.25, -0.2) is 8.78 Å². The van der Waals surface area contributed by atoms with Crippen LogP contribution in [0.2, 0.25) is 0 Å². The topological polar surface area (TPSA) is 0 Å². The van der Waals surface area contributed by atoms with Crippen molar-refractivity contribution in [2.45, 2.75) is 12.8 Å². The molecule has 0 saturated heterocycles. The van der Waals surface area contributed by atoms with Crippen LogP contribution >= 0.6 is 15.9 Å². The first kappa shape index (κ1) is 7.19. The molecule has 0 spiro atoms. The second kappa shape index (κ2) is 2.37. The quantitative estimate of drug-likeness (QED) is 0.471. The maximum Gasteiger partial charge on any atom is 0.248 e. The third-order valence-electron chi connectivity index (χ3n) is 1.63. The fourth-order valence-electron chi connectivity index (χ4n) is 0.740. The lowest BCUT2D eigenvalue weighted by molar-refractivity contribution is 0.0349. The first-order valence-electron chi connectivity index (χ1n) is 2.73. The number of hydrogen-bond acceptors (Lipinski definition) is 0. The standard InChI is InChI=1S/C6H7BrF2/c7-4-6(5(8)9)2-1-3-6/h1-2,5H,3-4H2. The van der Waals surface area contributed by atoms with Crippen LogP contribution in [0.5, 0.6) is 0 Å². The molecule has 52 valence electrons. The van der Waals surface area contributed by atoms with E-state index in [4.69, 9.17) is 0 Å². The van der Waals surface area contributed by atoms with E-state index in [0.29, 0.717) is 11.8 Å². The van der Waals surface area contributed by atoms with E-state index in [0.717, 1.165) is 0 Å². The highest BCUT2D eigenvalue weighted by Crippen LogP contribution is 2.40. The van der Waals surface area contributed by atoms with Crippen molar-refractivity contribution >= 4 is 15.9 Å². The van der Waals surface area contributed by atoms with Crippen molar-refractivity contribution in [3.05, 3.63) is 12.2 Å². The first-order valence-corrected chi connectivity index (χ1v) is 3.85. The molecular formula is C6H7BrF2. The Hall–Kier alpha value is 0.0800. The predicted octanol–water partition coefficient (Wildman–Crippen LogP) is 2.59. The molecule has 0 nitrogen and oxygen atoms in total. The Morgan fingerprint density at radius 1 is 1.67 bits per heavy atom. The Bertz CT molecular complexity index is 133. The summed E-state index contributed by atoms with van der Waals surface area (Å²) in [6.45, 7) is 0. The zero-order valence-corrected chi connectivity index (χ0v) is 6.37. The monoisotopic (exact) mass is 196 g/mol. The van der Waals surface area contributed by atoms with Crippen LogP contribution in [-0.4, -0.2) is 11.8 Å². The summed E-state index contributed by atoms with van der Waals surface area (Å²) in [6.07, 6.45) is 1.64. The molecule has 0 amide bonds. The van der Waals surface area contributed by atoms with Gasteiger partial charge in [-0.05, 0) is 6.42 Å². The molecule has 0 fully saturated rings. The van der Waals surface area contributed by atoms with Gasteiger partial charge in [-0.15, -0.1) is 0 Å². The SMILES string of the molecule is FC(F)C1(CBr)C=CC1. The number of halogens is 3. The summed E-state index contributed by atoms with van der Waals surface area (Å²) in [5.41, 5.74) is -0.833. The van der Waals surface area contributed by atoms with Gasteiger partial charge in [-0.1, -0.05) is 28.1 Å². The summed E-state index contributed by atoms with van der Waals surface area (Å²) in [6, 6.07) is 0. The van der Waals surface area contributed by atoms with Crippen molar-refractivity contribution in [2.75, 3.05) is 5.33 Å². The molecule has 0 aromatic heterocycles. The third-order valence-corrected chi connectivity index (χ3v) is 2.68. The van der Waals surface area contributed by atoms with E-state index in [1.807, 2.05) is 0 Å². The molecule has 1 unspecified atom stereocenters. The summed E-state index contributed by atoms with van der Waals surface area (Å²) in [7, 11) is 0. The minimum Gasteiger partial charge on any atom is -0.209 e. The van der Waals surface area contributed by atoms with Crippen molar-refractivity contribution in [3.63, 3.8) is 0 Å². The van der Waals surface area contributed by atoms with E-state index >= 15 is 0 Å². The van der Waals surface area contributed by atoms with Crippen molar-refractivity contribution in [1.29, 1.82) is 0 Å². The lowest BCUT2D eigenvalue weighted by atomic mass is 9.79. The molecule has 3 heteroatoms. The van der Waals surface area contributed by atoms with Crippen LogP contribution in [0.3, 0.4) is 0 Å². The van der Waals surface area contributed by atoms with Gasteiger partial charge in [0.2, 0.25) is 6.43 Å². The van der Waals surface area contributed by atoms with Gasteiger partial charge in [0.05, 0.1) is 5.41 Å². The first-order chi connectivity index (χ1) is 4.21. The second-order valence-electron chi connectivity index (χ2n) is 2.27. The molecule has 0 bridgehead atoms. The fourth-order valence-corrected chi connectivity index (χ4v) is 1.40. The predicted molar refractivity (Wildman–Crippen MR) is 36.0 cm³/mol. The summed E-state index contributed by atoms with van der Waals surface area (Å²) < 4.78 is 24.1. The summed E-state index contributed by atoms with van der Waals surface area (Å²) in [5, 5.41) is 0.369. The molecule has 1 aliphatic carbocycles. The summed E-state index contributed by atoms with van der Waals surface area (Å²) >= 11 is 3.05. The molecule has 0 aliphatic heterocycles. The molecule has 1 aliphatic rings. The van der Waals surface area contributed by atoms with Gasteiger partial charge < -0.3 is 0 Å². The normalized spacial score (nSPS) is 32.9. The van der Waals surface area contributed by atoms with Gasteiger partial charge in [0.25, 0.3) is 0 Å². The van der Waals surface area contributed by atoms with Crippen LogP contribution in [0, 0.1) is 5.41 Å². The molecule has 1 rings (SSSR count). The Balaban J connectivity index is 2.59. The molecular weight excluding hydrogens is 190 g/mol. The average Bonchev–Trinajstić information content (AvgIpc) is 1.62. The molecule has 0 aromatic carbocycles. The molecule has 0 saturated carbocycles. The van der Waals surface area contributed by atoms with Crippen molar-refractivity contribution in [2.24, 2.45) is 5.41 Å². The highest BCUT2D eigenvalue weighted by molar-refractivity contribution is 9.09. The molecule has 0 heterocycles. The number of hydrogen-bond donors (Lipinski definition) is 0. The van der Waals surface area contributed by atoms with Crippen LogP contribution in [0.15, 0.2) is 12.2 Å². The van der Waals surface area contributed by atoms with Crippen LogP contribution in [0.4, 0.5) is 8.78 Å². The van der Waals surface area contributed by atoms with Gasteiger partial charge >= 0.3 is 0 Å². The lowest BCUT2D eigenvalue weighted by Gasteiger charge is -2.32. The van der Waals surface area contributed by atoms with Crippen LogP contribution in [0.25, 0.3) is 0 Å². The third kappa shape index (κ3) is 1.02. The van der Waals surface area contributed by atoms with E-state index in [2.05, 4.69) is 15.9 Å². The van der Waals surface area contributed by atoms with Crippen molar-refractivity contribution in [1.82, 2.24) is 0 Å². The fraction of sp³-hybridized carbons (Fsp3) is 0.667. The number of allylic oxidation sites excluding steroid dienone is 2. The van der Waals surface area contributed by atoms with E-state index in [9.17, 15) is 8.78 Å². The maximum absolute atomic E-state index is 12.1. The molecule has 0 N–H and O–H groups in total. The second-order valence-corrected chi connectivity index (χ2v) is 2.83. The lowest BCUT2D eigenvalue weighted by Crippen LogP contribution is -2.33. The van der Waals surface area contributed by atoms with E-state index in [-0.39, 0.29) is 0 Å². The molecule has 1 atom stereocenters. The molecule has 0 aromatic rings. The molecule has 0 radical (unpaired) electrons. The van der Waals surface area contributed by atoms with Gasteiger partial charge in [0, 0.05) is 5.33 Å². The Labute approximate surface area is 61.1 Å². The Morgan fingerprint density at radius 3 is 2.22 bits per heavy atom. The maximum atomic E-state index is 12.1. The summed E-state index contributed by atoms with van der Waals surface area (Å²) in [5.74, 6) is 0. The van der Waals surface area contributed by atoms with Crippen LogP contribution < -0.4 is 0 Å². The van der Waals surface area contributed by atoms with Crippen LogP contribution in [0.1, 0.15) is 6.42 Å². The number of rotatable bonds is 2. The zero-order chi connectivity index (χ0) is 6.91. The van der Waals surface area contributed by atoms with E-state index in [1.54, 1.807) is 12.2 Å². The van der Waals surface area contributed by atoms with Gasteiger partial charge in [0.1, 0.15) is 0 Å². The summed E-state index contributed by atoms with van der Waals surface area (Å²) in [4.78, 5) is 0. The smallest absolute Gasteiger partial charge is 0.209 e. The van der Waals surface area contributed by atoms with Gasteiger partial charge in [-0.2, -0.15) is 0 Å². The Morgan fingerprint density at radius 2 is 2.22 bits per heavy atom. The Kier molecular flexibility index (Phi) is 1.89. The molecule has 9 heavy (non-hydrogen) atoms. The minimum atomic E-state index is -2.22. The van der Waals surface area contributed by atoms with Crippen LogP contribution in [-0.2, 0) is 0 Å². The zero-order valence-electron chi connectivity index (χ0n) is 4.78. The van der Waals surface area contributed by atoms with Crippen molar-refractivity contribution < 1.29 is 8.78 Å². The van der Waals surface area contributed by atoms with Crippen molar-refractivity contribution in [3.8, 4) is 0 Å². The minimum absolute atomic E-state index is 0.369. The van der Waals surface area contributed by atoms with Gasteiger partial charge in [-0.3, -0.25) is 0 Å². The van der Waals surface area contributed by atoms with E-state index < -0.39 is 11.8 Å².